The normalized spacial score (nSPS) is 11.6. The lowest BCUT2D eigenvalue weighted by Crippen LogP contribution is -2.46. The topological polar surface area (TPSA) is 93.4 Å². The van der Waals surface area contributed by atoms with Crippen molar-refractivity contribution in [2.24, 2.45) is 5.73 Å². The minimum Gasteiger partial charge on any atom is -0.494 e. The van der Waals surface area contributed by atoms with Crippen molar-refractivity contribution in [3.63, 3.8) is 0 Å². The maximum Gasteiger partial charge on any atom is 0.318 e. The van der Waals surface area contributed by atoms with Gasteiger partial charge >= 0.3 is 6.03 Å². The van der Waals surface area contributed by atoms with Crippen molar-refractivity contribution in [3.8, 4) is 5.75 Å². The molecule has 19 heavy (non-hydrogen) atoms. The zero-order chi connectivity index (χ0) is 14.1. The number of primary amides is 1. The first-order valence-corrected chi connectivity index (χ1v) is 6.11. The number of nitrogens with two attached hydrogens (primary N) is 1. The number of carbonyl (C=O) groups is 2. The van der Waals surface area contributed by atoms with E-state index < -0.39 is 18.0 Å². The van der Waals surface area contributed by atoms with Crippen molar-refractivity contribution in [3.05, 3.63) is 30.3 Å². The number of benzene rings is 1. The van der Waals surface area contributed by atoms with Gasteiger partial charge in [-0.25, -0.2) is 4.79 Å². The van der Waals surface area contributed by atoms with Gasteiger partial charge in [-0.05, 0) is 32.0 Å². The Kier molecular flexibility index (Phi) is 6.38. The average molecular weight is 265 g/mol. The lowest BCUT2D eigenvalue weighted by Gasteiger charge is -2.12. The fourth-order valence-corrected chi connectivity index (χ4v) is 1.42. The third kappa shape index (κ3) is 6.42. The Labute approximate surface area is 112 Å². The summed E-state index contributed by atoms with van der Waals surface area (Å²) in [6, 6.07) is 8.20. The predicted octanol–water partition coefficient (Wildman–Crippen LogP) is 0.629. The average Bonchev–Trinajstić information content (AvgIpc) is 2.38. The summed E-state index contributed by atoms with van der Waals surface area (Å²) in [6.07, 6.45) is 0.753. The van der Waals surface area contributed by atoms with Gasteiger partial charge < -0.3 is 15.8 Å². The molecule has 3 amide bonds. The van der Waals surface area contributed by atoms with E-state index in [2.05, 4.69) is 5.32 Å². The van der Waals surface area contributed by atoms with Gasteiger partial charge in [-0.2, -0.15) is 0 Å². The Bertz CT molecular complexity index is 409. The summed E-state index contributed by atoms with van der Waals surface area (Å²) >= 11 is 0. The van der Waals surface area contributed by atoms with Crippen LogP contribution in [-0.4, -0.2) is 31.1 Å². The van der Waals surface area contributed by atoms with Crippen LogP contribution in [0.15, 0.2) is 30.3 Å². The summed E-state index contributed by atoms with van der Waals surface area (Å²) < 4.78 is 5.50. The highest BCUT2D eigenvalue weighted by atomic mass is 16.5. The Morgan fingerprint density at radius 3 is 2.63 bits per heavy atom. The highest BCUT2D eigenvalue weighted by molar-refractivity contribution is 5.96. The van der Waals surface area contributed by atoms with Crippen molar-refractivity contribution in [1.82, 2.24) is 10.6 Å². The molecular weight excluding hydrogens is 246 g/mol. The molecule has 0 spiro atoms. The third-order valence-electron chi connectivity index (χ3n) is 2.42. The number of para-hydroxylation sites is 1. The van der Waals surface area contributed by atoms with Crippen molar-refractivity contribution in [2.45, 2.75) is 19.4 Å². The highest BCUT2D eigenvalue weighted by Gasteiger charge is 2.12. The molecule has 1 atom stereocenters. The van der Waals surface area contributed by atoms with E-state index in [9.17, 15) is 9.59 Å². The fourth-order valence-electron chi connectivity index (χ4n) is 1.42. The number of imide groups is 1. The van der Waals surface area contributed by atoms with Crippen LogP contribution in [-0.2, 0) is 4.79 Å². The first kappa shape index (κ1) is 15.0. The molecule has 6 heteroatoms. The predicted molar refractivity (Wildman–Crippen MR) is 71.7 cm³/mol. The van der Waals surface area contributed by atoms with Crippen molar-refractivity contribution < 1.29 is 14.3 Å². The second kappa shape index (κ2) is 8.10. The smallest absolute Gasteiger partial charge is 0.318 e. The van der Waals surface area contributed by atoms with Crippen molar-refractivity contribution in [1.29, 1.82) is 0 Å². The number of carbonyl (C=O) groups excluding carboxylic acids is 2. The number of hydrogen-bond donors (Lipinski definition) is 3. The molecule has 0 aliphatic carbocycles. The minimum absolute atomic E-state index is 0.434. The molecule has 0 heterocycles. The van der Waals surface area contributed by atoms with Crippen LogP contribution in [0.1, 0.15) is 13.3 Å². The number of rotatable bonds is 7. The quantitative estimate of drug-likeness (QED) is 0.630. The van der Waals surface area contributed by atoms with Gasteiger partial charge in [0.1, 0.15) is 5.75 Å². The van der Waals surface area contributed by atoms with Crippen LogP contribution in [0.25, 0.3) is 0 Å². The fraction of sp³-hybridized carbons (Fsp3) is 0.385. The summed E-state index contributed by atoms with van der Waals surface area (Å²) in [7, 11) is 0. The number of ether oxygens (including phenoxy) is 1. The maximum atomic E-state index is 11.3. The number of urea groups is 1. The molecule has 6 nitrogen and oxygen atoms in total. The largest absolute Gasteiger partial charge is 0.494 e. The molecule has 0 aliphatic rings. The SMILES string of the molecule is CC(NCCCOc1ccccc1)C(=O)NC(N)=O. The Balaban J connectivity index is 2.10. The van der Waals surface area contributed by atoms with E-state index in [0.717, 1.165) is 12.2 Å². The van der Waals surface area contributed by atoms with Gasteiger partial charge in [-0.1, -0.05) is 18.2 Å². The van der Waals surface area contributed by atoms with Crippen LogP contribution in [0.4, 0.5) is 4.79 Å². The van der Waals surface area contributed by atoms with Gasteiger partial charge in [0.25, 0.3) is 0 Å². The van der Waals surface area contributed by atoms with Gasteiger partial charge in [0.2, 0.25) is 5.91 Å². The highest BCUT2D eigenvalue weighted by Crippen LogP contribution is 2.07. The molecule has 0 saturated carbocycles. The molecule has 0 saturated heterocycles. The molecule has 4 N–H and O–H groups in total. The zero-order valence-electron chi connectivity index (χ0n) is 10.9. The van der Waals surface area contributed by atoms with E-state index >= 15 is 0 Å². The van der Waals surface area contributed by atoms with Crippen molar-refractivity contribution in [2.75, 3.05) is 13.2 Å². The van der Waals surface area contributed by atoms with Gasteiger partial charge in [0.15, 0.2) is 0 Å². The molecule has 0 fully saturated rings. The second-order valence-electron chi connectivity index (χ2n) is 4.04. The molecule has 0 bridgehead atoms. The van der Waals surface area contributed by atoms with E-state index in [1.165, 1.54) is 0 Å². The van der Waals surface area contributed by atoms with Gasteiger partial charge in [0.05, 0.1) is 12.6 Å². The Hall–Kier alpha value is -2.08. The summed E-state index contributed by atoms with van der Waals surface area (Å²) in [4.78, 5) is 21.8. The summed E-state index contributed by atoms with van der Waals surface area (Å²) in [5.74, 6) is 0.387. The standard InChI is InChI=1S/C13H19N3O3/c1-10(12(17)16-13(14)18)15-8-5-9-19-11-6-3-2-4-7-11/h2-4,6-7,10,15H,5,8-9H2,1H3,(H3,14,16,17,18). The van der Waals surface area contributed by atoms with E-state index in [-0.39, 0.29) is 0 Å². The summed E-state index contributed by atoms with van der Waals surface area (Å²) in [6.45, 7) is 2.83. The third-order valence-corrected chi connectivity index (χ3v) is 2.42. The zero-order valence-corrected chi connectivity index (χ0v) is 10.9. The molecule has 0 radical (unpaired) electrons. The maximum absolute atomic E-state index is 11.3. The van der Waals surface area contributed by atoms with Crippen LogP contribution in [0.5, 0.6) is 5.75 Å². The second-order valence-corrected chi connectivity index (χ2v) is 4.04. The van der Waals surface area contributed by atoms with Gasteiger partial charge in [-0.3, -0.25) is 10.1 Å². The van der Waals surface area contributed by atoms with E-state index in [0.29, 0.717) is 13.2 Å². The van der Waals surface area contributed by atoms with Crippen LogP contribution in [0.2, 0.25) is 0 Å². The first-order valence-electron chi connectivity index (χ1n) is 6.11. The van der Waals surface area contributed by atoms with E-state index in [4.69, 9.17) is 10.5 Å². The molecule has 1 rings (SSSR count). The first-order chi connectivity index (χ1) is 9.09. The molecule has 0 aromatic heterocycles. The Morgan fingerprint density at radius 2 is 2.00 bits per heavy atom. The molecule has 1 aromatic rings. The van der Waals surface area contributed by atoms with Gasteiger partial charge in [0, 0.05) is 0 Å². The number of hydrogen-bond acceptors (Lipinski definition) is 4. The number of amides is 3. The van der Waals surface area contributed by atoms with Crippen LogP contribution >= 0.6 is 0 Å². The van der Waals surface area contributed by atoms with E-state index in [1.807, 2.05) is 35.6 Å². The monoisotopic (exact) mass is 265 g/mol. The molecule has 104 valence electrons. The summed E-state index contributed by atoms with van der Waals surface area (Å²) in [5.41, 5.74) is 4.85. The van der Waals surface area contributed by atoms with Crippen LogP contribution in [0, 0.1) is 0 Å². The van der Waals surface area contributed by atoms with E-state index in [1.54, 1.807) is 6.92 Å². The van der Waals surface area contributed by atoms with Crippen LogP contribution < -0.4 is 21.1 Å². The van der Waals surface area contributed by atoms with Crippen molar-refractivity contribution >= 4 is 11.9 Å². The molecule has 0 aliphatic heterocycles. The molecule has 1 unspecified atom stereocenters. The summed E-state index contributed by atoms with van der Waals surface area (Å²) in [5, 5.41) is 4.99. The minimum atomic E-state index is -0.842. The lowest BCUT2D eigenvalue weighted by atomic mass is 10.3. The molecular formula is C13H19N3O3. The van der Waals surface area contributed by atoms with Crippen LogP contribution in [0.3, 0.4) is 0 Å². The molecule has 1 aromatic carbocycles. The lowest BCUT2D eigenvalue weighted by molar-refractivity contribution is -0.121. The van der Waals surface area contributed by atoms with Gasteiger partial charge in [-0.15, -0.1) is 0 Å². The number of nitrogens with one attached hydrogen (secondary N) is 2. The Morgan fingerprint density at radius 1 is 1.32 bits per heavy atom.